The first kappa shape index (κ1) is 17.4. The van der Waals surface area contributed by atoms with Crippen LogP contribution in [0, 0.1) is 3.57 Å². The molecule has 0 amide bonds. The highest BCUT2D eigenvalue weighted by Gasteiger charge is 2.06. The fourth-order valence-corrected chi connectivity index (χ4v) is 2.36. The van der Waals surface area contributed by atoms with Gasteiger partial charge < -0.3 is 5.11 Å². The molecule has 0 bridgehead atoms. The summed E-state index contributed by atoms with van der Waals surface area (Å²) in [7, 11) is 0. The van der Waals surface area contributed by atoms with Crippen molar-refractivity contribution in [3.8, 4) is 0 Å². The molecule has 0 atom stereocenters. The van der Waals surface area contributed by atoms with E-state index in [0.29, 0.717) is 12.8 Å². The second-order valence-corrected chi connectivity index (χ2v) is 6.24. The zero-order valence-corrected chi connectivity index (χ0v) is 14.7. The predicted octanol–water partition coefficient (Wildman–Crippen LogP) is 4.15. The molecule has 0 aliphatic carbocycles. The van der Waals surface area contributed by atoms with Crippen LogP contribution in [0.3, 0.4) is 0 Å². The van der Waals surface area contributed by atoms with Gasteiger partial charge in [-0.1, -0.05) is 6.07 Å². The third kappa shape index (κ3) is 6.35. The van der Waals surface area contributed by atoms with Gasteiger partial charge in [-0.3, -0.25) is 15.2 Å². The molecular formula is C17H18IN3O2. The van der Waals surface area contributed by atoms with Gasteiger partial charge >= 0.3 is 5.97 Å². The summed E-state index contributed by atoms with van der Waals surface area (Å²) in [5, 5.41) is 13.2. The summed E-state index contributed by atoms with van der Waals surface area (Å²) in [4.78, 5) is 14.9. The summed E-state index contributed by atoms with van der Waals surface area (Å²) >= 11 is 2.25. The first-order valence-corrected chi connectivity index (χ1v) is 8.44. The molecule has 0 saturated carbocycles. The maximum absolute atomic E-state index is 10.6. The molecule has 1 aromatic heterocycles. The largest absolute Gasteiger partial charge is 0.481 e. The van der Waals surface area contributed by atoms with E-state index >= 15 is 0 Å². The average molecular weight is 423 g/mol. The van der Waals surface area contributed by atoms with Crippen LogP contribution in [0.4, 0.5) is 5.69 Å². The minimum atomic E-state index is -0.765. The number of benzene rings is 1. The maximum Gasteiger partial charge on any atom is 0.303 e. The summed E-state index contributed by atoms with van der Waals surface area (Å²) in [6.45, 7) is 0. The van der Waals surface area contributed by atoms with Crippen LogP contribution < -0.4 is 5.43 Å². The Morgan fingerprint density at radius 2 is 1.87 bits per heavy atom. The van der Waals surface area contributed by atoms with Crippen molar-refractivity contribution < 1.29 is 9.90 Å². The van der Waals surface area contributed by atoms with Crippen LogP contribution in [0.5, 0.6) is 0 Å². The van der Waals surface area contributed by atoms with Gasteiger partial charge in [0.15, 0.2) is 0 Å². The standard InChI is InChI=1S/C17H18IN3O2/c18-13-8-10-14(11-9-13)20-21-16(6-1-2-7-17(22)23)15-5-3-4-12-19-15/h3-5,8-12,20H,1-2,6-7H2,(H,22,23)/b21-16+. The van der Waals surface area contributed by atoms with Gasteiger partial charge in [0.1, 0.15) is 0 Å². The molecule has 23 heavy (non-hydrogen) atoms. The summed E-state index contributed by atoms with van der Waals surface area (Å²) in [6.07, 6.45) is 3.98. The monoisotopic (exact) mass is 423 g/mol. The van der Waals surface area contributed by atoms with Crippen molar-refractivity contribution in [2.45, 2.75) is 25.7 Å². The number of carboxylic acid groups (broad SMARTS) is 1. The molecule has 0 unspecified atom stereocenters. The van der Waals surface area contributed by atoms with Gasteiger partial charge in [-0.15, -0.1) is 0 Å². The number of nitrogens with zero attached hydrogens (tertiary/aromatic N) is 2. The number of hydrogen-bond acceptors (Lipinski definition) is 4. The number of hydrogen-bond donors (Lipinski definition) is 2. The molecular weight excluding hydrogens is 405 g/mol. The van der Waals surface area contributed by atoms with Gasteiger partial charge in [0.2, 0.25) is 0 Å². The zero-order chi connectivity index (χ0) is 16.5. The van der Waals surface area contributed by atoms with Crippen LogP contribution >= 0.6 is 22.6 Å². The lowest BCUT2D eigenvalue weighted by Crippen LogP contribution is -2.07. The highest BCUT2D eigenvalue weighted by atomic mass is 127. The molecule has 0 fully saturated rings. The van der Waals surface area contributed by atoms with E-state index in [1.165, 1.54) is 0 Å². The number of carboxylic acids is 1. The van der Waals surface area contributed by atoms with Gasteiger partial charge in [0.05, 0.1) is 17.1 Å². The van der Waals surface area contributed by atoms with E-state index in [0.717, 1.165) is 27.1 Å². The highest BCUT2D eigenvalue weighted by Crippen LogP contribution is 2.13. The van der Waals surface area contributed by atoms with Crippen molar-refractivity contribution in [1.29, 1.82) is 0 Å². The molecule has 1 aromatic carbocycles. The molecule has 2 rings (SSSR count). The van der Waals surface area contributed by atoms with E-state index in [9.17, 15) is 4.79 Å². The number of halogens is 1. The van der Waals surface area contributed by atoms with E-state index in [2.05, 4.69) is 38.1 Å². The van der Waals surface area contributed by atoms with Gasteiger partial charge in [0.25, 0.3) is 0 Å². The van der Waals surface area contributed by atoms with Crippen molar-refractivity contribution >= 4 is 40.0 Å². The van der Waals surface area contributed by atoms with Crippen LogP contribution in [-0.2, 0) is 4.79 Å². The normalized spacial score (nSPS) is 11.3. The lowest BCUT2D eigenvalue weighted by molar-refractivity contribution is -0.137. The van der Waals surface area contributed by atoms with E-state index in [1.807, 2.05) is 42.5 Å². The summed E-state index contributed by atoms with van der Waals surface area (Å²) in [5.41, 5.74) is 5.59. The third-order valence-electron chi connectivity index (χ3n) is 3.18. The first-order chi connectivity index (χ1) is 11.1. The number of anilines is 1. The average Bonchev–Trinajstić information content (AvgIpc) is 2.56. The number of carbonyl (C=O) groups is 1. The predicted molar refractivity (Wildman–Crippen MR) is 99.7 cm³/mol. The Balaban J connectivity index is 2.04. The number of rotatable bonds is 8. The second kappa shape index (κ2) is 9.24. The van der Waals surface area contributed by atoms with Crippen molar-refractivity contribution in [3.05, 3.63) is 57.9 Å². The lowest BCUT2D eigenvalue weighted by Gasteiger charge is -2.07. The van der Waals surface area contributed by atoms with Gasteiger partial charge in [-0.2, -0.15) is 5.10 Å². The van der Waals surface area contributed by atoms with E-state index in [4.69, 9.17) is 5.11 Å². The van der Waals surface area contributed by atoms with E-state index in [-0.39, 0.29) is 6.42 Å². The quantitative estimate of drug-likeness (QED) is 0.290. The molecule has 6 heteroatoms. The van der Waals surface area contributed by atoms with Crippen LogP contribution in [-0.4, -0.2) is 21.8 Å². The molecule has 2 aromatic rings. The molecule has 120 valence electrons. The van der Waals surface area contributed by atoms with Crippen molar-refractivity contribution in [2.24, 2.45) is 5.10 Å². The summed E-state index contributed by atoms with van der Waals surface area (Å²) in [6, 6.07) is 13.6. The number of pyridine rings is 1. The van der Waals surface area contributed by atoms with Crippen LogP contribution in [0.25, 0.3) is 0 Å². The first-order valence-electron chi connectivity index (χ1n) is 7.36. The lowest BCUT2D eigenvalue weighted by atomic mass is 10.1. The molecule has 0 radical (unpaired) electrons. The highest BCUT2D eigenvalue weighted by molar-refractivity contribution is 14.1. The topological polar surface area (TPSA) is 74.6 Å². The Labute approximate surface area is 149 Å². The van der Waals surface area contributed by atoms with E-state index in [1.54, 1.807) is 6.20 Å². The van der Waals surface area contributed by atoms with E-state index < -0.39 is 5.97 Å². The van der Waals surface area contributed by atoms with Crippen LogP contribution in [0.15, 0.2) is 53.8 Å². The number of aromatic nitrogens is 1. The Morgan fingerprint density at radius 1 is 1.13 bits per heavy atom. The smallest absolute Gasteiger partial charge is 0.303 e. The molecule has 2 N–H and O–H groups in total. The Kier molecular flexibility index (Phi) is 6.99. The maximum atomic E-state index is 10.6. The summed E-state index contributed by atoms with van der Waals surface area (Å²) < 4.78 is 1.16. The summed E-state index contributed by atoms with van der Waals surface area (Å²) in [5.74, 6) is -0.765. The zero-order valence-electron chi connectivity index (χ0n) is 12.6. The van der Waals surface area contributed by atoms with Crippen molar-refractivity contribution in [1.82, 2.24) is 4.98 Å². The third-order valence-corrected chi connectivity index (χ3v) is 3.90. The van der Waals surface area contributed by atoms with Crippen LogP contribution in [0.1, 0.15) is 31.4 Å². The van der Waals surface area contributed by atoms with Crippen molar-refractivity contribution in [3.63, 3.8) is 0 Å². The number of nitrogens with one attached hydrogen (secondary N) is 1. The number of unbranched alkanes of at least 4 members (excludes halogenated alkanes) is 1. The molecule has 0 spiro atoms. The molecule has 0 aliphatic rings. The van der Waals surface area contributed by atoms with Gasteiger partial charge in [-0.05, 0) is 78.3 Å². The minimum absolute atomic E-state index is 0.181. The molecule has 5 nitrogen and oxygen atoms in total. The van der Waals surface area contributed by atoms with Gasteiger partial charge in [-0.25, -0.2) is 0 Å². The Bertz CT molecular complexity index is 657. The molecule has 0 aliphatic heterocycles. The van der Waals surface area contributed by atoms with Crippen LogP contribution in [0.2, 0.25) is 0 Å². The minimum Gasteiger partial charge on any atom is -0.481 e. The fraction of sp³-hybridized carbons (Fsp3) is 0.235. The number of aliphatic carboxylic acids is 1. The second-order valence-electron chi connectivity index (χ2n) is 4.99. The molecule has 0 saturated heterocycles. The van der Waals surface area contributed by atoms with Gasteiger partial charge in [0, 0.05) is 16.2 Å². The number of hydrazone groups is 1. The SMILES string of the molecule is O=C(O)CCCC/C(=N\Nc1ccc(I)cc1)c1ccccn1. The fourth-order valence-electron chi connectivity index (χ4n) is 2.00. The van der Waals surface area contributed by atoms with Crippen molar-refractivity contribution in [2.75, 3.05) is 5.43 Å². The Hall–Kier alpha value is -1.96. The Morgan fingerprint density at radius 3 is 2.52 bits per heavy atom. The molecule has 1 heterocycles.